The van der Waals surface area contributed by atoms with Crippen LogP contribution in [0.25, 0.3) is 0 Å². The van der Waals surface area contributed by atoms with Crippen LogP contribution in [0.1, 0.15) is 24.8 Å². The molecule has 5 heteroatoms. The molecule has 0 saturated heterocycles. The Kier molecular flexibility index (Phi) is 4.61. The van der Waals surface area contributed by atoms with Crippen LogP contribution in [0.15, 0.2) is 24.3 Å². The van der Waals surface area contributed by atoms with E-state index in [2.05, 4.69) is 5.32 Å². The standard InChI is InChI=1S/C15H19NO4/c1-10-2-6-13(7-3-10)20-9-14(17)16-12-5-4-11(8-12)15(18)19/h2-3,6-7,11-12H,4-5,8-9H2,1H3,(H,16,17)(H,18,19). The molecule has 1 fully saturated rings. The topological polar surface area (TPSA) is 75.6 Å². The molecule has 1 aliphatic rings. The van der Waals surface area contributed by atoms with Gasteiger partial charge in [0.1, 0.15) is 5.75 Å². The minimum absolute atomic E-state index is 0.0443. The monoisotopic (exact) mass is 277 g/mol. The highest BCUT2D eigenvalue weighted by Gasteiger charge is 2.30. The Morgan fingerprint density at radius 2 is 2.00 bits per heavy atom. The van der Waals surface area contributed by atoms with Gasteiger partial charge in [0.25, 0.3) is 5.91 Å². The lowest BCUT2D eigenvalue weighted by Gasteiger charge is -2.13. The van der Waals surface area contributed by atoms with Gasteiger partial charge in [0.05, 0.1) is 5.92 Å². The van der Waals surface area contributed by atoms with E-state index in [1.165, 1.54) is 0 Å². The number of amides is 1. The Morgan fingerprint density at radius 1 is 1.30 bits per heavy atom. The van der Waals surface area contributed by atoms with Crippen LogP contribution in [-0.2, 0) is 9.59 Å². The van der Waals surface area contributed by atoms with E-state index in [1.807, 2.05) is 31.2 Å². The van der Waals surface area contributed by atoms with E-state index in [1.54, 1.807) is 0 Å². The van der Waals surface area contributed by atoms with E-state index in [-0.39, 0.29) is 24.5 Å². The summed E-state index contributed by atoms with van der Waals surface area (Å²) in [6, 6.07) is 7.42. The lowest BCUT2D eigenvalue weighted by atomic mass is 10.1. The van der Waals surface area contributed by atoms with Crippen LogP contribution in [0.3, 0.4) is 0 Å². The summed E-state index contributed by atoms with van der Waals surface area (Å²) < 4.78 is 5.38. The van der Waals surface area contributed by atoms with Gasteiger partial charge < -0.3 is 15.2 Å². The van der Waals surface area contributed by atoms with Crippen LogP contribution in [0.4, 0.5) is 0 Å². The molecule has 0 radical (unpaired) electrons. The molecule has 1 saturated carbocycles. The fourth-order valence-electron chi connectivity index (χ4n) is 2.39. The summed E-state index contributed by atoms with van der Waals surface area (Å²) in [5.74, 6) is -0.668. The number of carbonyl (C=O) groups is 2. The summed E-state index contributed by atoms with van der Waals surface area (Å²) in [7, 11) is 0. The molecule has 0 spiro atoms. The Morgan fingerprint density at radius 3 is 2.60 bits per heavy atom. The van der Waals surface area contributed by atoms with Gasteiger partial charge in [0.15, 0.2) is 6.61 Å². The van der Waals surface area contributed by atoms with Gasteiger partial charge in [-0.15, -0.1) is 0 Å². The van der Waals surface area contributed by atoms with Crippen LogP contribution in [0, 0.1) is 12.8 Å². The van der Waals surface area contributed by atoms with Crippen molar-refractivity contribution in [3.63, 3.8) is 0 Å². The van der Waals surface area contributed by atoms with Crippen molar-refractivity contribution in [3.8, 4) is 5.75 Å². The first-order chi connectivity index (χ1) is 9.54. The molecule has 2 atom stereocenters. The minimum atomic E-state index is -0.780. The number of benzene rings is 1. The van der Waals surface area contributed by atoms with Crippen molar-refractivity contribution in [1.82, 2.24) is 5.32 Å². The third-order valence-corrected chi connectivity index (χ3v) is 3.54. The number of aryl methyl sites for hydroxylation is 1. The molecule has 108 valence electrons. The van der Waals surface area contributed by atoms with Crippen LogP contribution in [-0.4, -0.2) is 29.6 Å². The zero-order valence-corrected chi connectivity index (χ0v) is 11.5. The van der Waals surface area contributed by atoms with Crippen LogP contribution < -0.4 is 10.1 Å². The van der Waals surface area contributed by atoms with Gasteiger partial charge in [-0.3, -0.25) is 9.59 Å². The van der Waals surface area contributed by atoms with Crippen LogP contribution in [0.5, 0.6) is 5.75 Å². The van der Waals surface area contributed by atoms with E-state index in [0.717, 1.165) is 5.56 Å². The van der Waals surface area contributed by atoms with Crippen molar-refractivity contribution in [2.45, 2.75) is 32.2 Å². The normalized spacial score (nSPS) is 21.4. The number of carboxylic acid groups (broad SMARTS) is 1. The third-order valence-electron chi connectivity index (χ3n) is 3.54. The highest BCUT2D eigenvalue weighted by Crippen LogP contribution is 2.25. The summed E-state index contributed by atoms with van der Waals surface area (Å²) in [6.07, 6.45) is 1.85. The maximum atomic E-state index is 11.7. The molecule has 2 unspecified atom stereocenters. The van der Waals surface area contributed by atoms with Gasteiger partial charge in [-0.1, -0.05) is 17.7 Å². The van der Waals surface area contributed by atoms with E-state index in [0.29, 0.717) is 25.0 Å². The number of rotatable bonds is 5. The van der Waals surface area contributed by atoms with Crippen LogP contribution >= 0.6 is 0 Å². The molecular formula is C15H19NO4. The average Bonchev–Trinajstić information content (AvgIpc) is 2.87. The van der Waals surface area contributed by atoms with Crippen molar-refractivity contribution >= 4 is 11.9 Å². The summed E-state index contributed by atoms with van der Waals surface area (Å²) in [6.45, 7) is 1.94. The Labute approximate surface area is 117 Å². The number of ether oxygens (including phenoxy) is 1. The maximum absolute atomic E-state index is 11.7. The van der Waals surface area contributed by atoms with Crippen molar-refractivity contribution < 1.29 is 19.4 Å². The molecule has 2 N–H and O–H groups in total. The first-order valence-corrected chi connectivity index (χ1v) is 6.76. The third kappa shape index (κ3) is 3.98. The second-order valence-corrected chi connectivity index (χ2v) is 5.21. The average molecular weight is 277 g/mol. The largest absolute Gasteiger partial charge is 0.484 e. The molecular weight excluding hydrogens is 258 g/mol. The van der Waals surface area contributed by atoms with Crippen LogP contribution in [0.2, 0.25) is 0 Å². The molecule has 20 heavy (non-hydrogen) atoms. The summed E-state index contributed by atoms with van der Waals surface area (Å²) in [5.41, 5.74) is 1.13. The predicted molar refractivity (Wildman–Crippen MR) is 73.6 cm³/mol. The number of aliphatic carboxylic acids is 1. The first kappa shape index (κ1) is 14.4. The Hall–Kier alpha value is -2.04. The maximum Gasteiger partial charge on any atom is 0.306 e. The molecule has 1 aliphatic carbocycles. The van der Waals surface area contributed by atoms with Gasteiger partial charge in [0.2, 0.25) is 0 Å². The molecule has 5 nitrogen and oxygen atoms in total. The zero-order chi connectivity index (χ0) is 14.5. The zero-order valence-electron chi connectivity index (χ0n) is 11.5. The highest BCUT2D eigenvalue weighted by molar-refractivity contribution is 5.78. The number of hydrogen-bond donors (Lipinski definition) is 2. The summed E-state index contributed by atoms with van der Waals surface area (Å²) in [5, 5.41) is 11.7. The molecule has 2 rings (SSSR count). The molecule has 0 aliphatic heterocycles. The van der Waals surface area contributed by atoms with Crippen molar-refractivity contribution in [1.29, 1.82) is 0 Å². The van der Waals surface area contributed by atoms with E-state index in [9.17, 15) is 9.59 Å². The van der Waals surface area contributed by atoms with Gasteiger partial charge in [0, 0.05) is 6.04 Å². The van der Waals surface area contributed by atoms with E-state index >= 15 is 0 Å². The van der Waals surface area contributed by atoms with E-state index < -0.39 is 5.97 Å². The van der Waals surface area contributed by atoms with Crippen molar-refractivity contribution in [2.75, 3.05) is 6.61 Å². The molecule has 1 aromatic rings. The lowest BCUT2D eigenvalue weighted by Crippen LogP contribution is -2.36. The SMILES string of the molecule is Cc1ccc(OCC(=O)NC2CCC(C(=O)O)C2)cc1. The van der Waals surface area contributed by atoms with Gasteiger partial charge in [-0.25, -0.2) is 0 Å². The first-order valence-electron chi connectivity index (χ1n) is 6.76. The quantitative estimate of drug-likeness (QED) is 0.859. The fourth-order valence-corrected chi connectivity index (χ4v) is 2.39. The highest BCUT2D eigenvalue weighted by atomic mass is 16.5. The Balaban J connectivity index is 1.73. The lowest BCUT2D eigenvalue weighted by molar-refractivity contribution is -0.141. The molecule has 0 heterocycles. The minimum Gasteiger partial charge on any atom is -0.484 e. The smallest absolute Gasteiger partial charge is 0.306 e. The second kappa shape index (κ2) is 6.41. The molecule has 0 bridgehead atoms. The number of hydrogen-bond acceptors (Lipinski definition) is 3. The van der Waals surface area contributed by atoms with Crippen molar-refractivity contribution in [2.24, 2.45) is 5.92 Å². The molecule has 0 aromatic heterocycles. The summed E-state index contributed by atoms with van der Waals surface area (Å²) in [4.78, 5) is 22.6. The summed E-state index contributed by atoms with van der Waals surface area (Å²) >= 11 is 0. The fraction of sp³-hybridized carbons (Fsp3) is 0.467. The number of carbonyl (C=O) groups excluding carboxylic acids is 1. The Bertz CT molecular complexity index is 483. The van der Waals surface area contributed by atoms with Crippen molar-refractivity contribution in [3.05, 3.63) is 29.8 Å². The second-order valence-electron chi connectivity index (χ2n) is 5.21. The van der Waals surface area contributed by atoms with Gasteiger partial charge in [-0.05, 0) is 38.3 Å². The molecule has 1 aromatic carbocycles. The van der Waals surface area contributed by atoms with E-state index in [4.69, 9.17) is 9.84 Å². The number of nitrogens with one attached hydrogen (secondary N) is 1. The predicted octanol–water partition coefficient (Wildman–Crippen LogP) is 1.74. The van der Waals surface area contributed by atoms with Gasteiger partial charge >= 0.3 is 5.97 Å². The number of carboxylic acids is 1. The van der Waals surface area contributed by atoms with Gasteiger partial charge in [-0.2, -0.15) is 0 Å². The molecule has 1 amide bonds.